The van der Waals surface area contributed by atoms with Gasteiger partial charge in [-0.25, -0.2) is 4.79 Å². The van der Waals surface area contributed by atoms with Crippen molar-refractivity contribution in [2.45, 2.75) is 64.6 Å². The number of benzene rings is 1. The van der Waals surface area contributed by atoms with Crippen LogP contribution in [-0.4, -0.2) is 65.3 Å². The van der Waals surface area contributed by atoms with Gasteiger partial charge in [0, 0.05) is 48.6 Å². The van der Waals surface area contributed by atoms with Crippen LogP contribution in [0.2, 0.25) is 0 Å². The summed E-state index contributed by atoms with van der Waals surface area (Å²) in [6.07, 6.45) is 2.05. The van der Waals surface area contributed by atoms with Crippen molar-refractivity contribution in [2.24, 2.45) is 5.92 Å². The first kappa shape index (κ1) is 21.7. The van der Waals surface area contributed by atoms with Crippen LogP contribution in [0.1, 0.15) is 57.6 Å². The van der Waals surface area contributed by atoms with E-state index in [4.69, 9.17) is 0 Å². The summed E-state index contributed by atoms with van der Waals surface area (Å²) in [4.78, 5) is 17.0. The Morgan fingerprint density at radius 2 is 1.86 bits per heavy atom. The van der Waals surface area contributed by atoms with E-state index >= 15 is 0 Å². The van der Waals surface area contributed by atoms with Gasteiger partial charge in [0.05, 0.1) is 6.61 Å². The maximum Gasteiger partial charge on any atom is 0.317 e. The number of nitrogens with zero attached hydrogens (tertiary/aromatic N) is 2. The monoisotopic (exact) mass is 397 g/mol. The van der Waals surface area contributed by atoms with Crippen LogP contribution in [0.5, 0.6) is 0 Å². The van der Waals surface area contributed by atoms with E-state index in [1.807, 2.05) is 18.7 Å². The smallest absolute Gasteiger partial charge is 0.317 e. The van der Waals surface area contributed by atoms with E-state index < -0.39 is 0 Å². The topological polar surface area (TPSA) is 55.8 Å². The first-order chi connectivity index (χ1) is 13.9. The molecule has 5 nitrogen and oxygen atoms in total. The molecule has 0 saturated carbocycles. The van der Waals surface area contributed by atoms with Gasteiger partial charge in [0.1, 0.15) is 0 Å². The molecular formula is C24H35N3O2. The maximum absolute atomic E-state index is 12.6. The Balaban J connectivity index is 1.78. The minimum absolute atomic E-state index is 0.0207. The minimum atomic E-state index is 0.0207. The van der Waals surface area contributed by atoms with E-state index in [0.717, 1.165) is 31.5 Å². The molecule has 2 aliphatic rings. The van der Waals surface area contributed by atoms with Gasteiger partial charge in [-0.15, -0.1) is 0 Å². The average Bonchev–Trinajstić information content (AvgIpc) is 2.65. The molecule has 3 rings (SSSR count). The lowest BCUT2D eigenvalue weighted by Gasteiger charge is -2.57. The Morgan fingerprint density at radius 3 is 2.48 bits per heavy atom. The quantitative estimate of drug-likeness (QED) is 0.771. The highest BCUT2D eigenvalue weighted by molar-refractivity contribution is 5.74. The number of hydrogen-bond donors (Lipinski definition) is 2. The normalized spacial score (nSPS) is 24.8. The number of carbonyl (C=O) groups excluding carboxylic acids is 1. The second-order valence-electron chi connectivity index (χ2n) is 8.88. The molecule has 0 spiro atoms. The Labute approximate surface area is 175 Å². The molecule has 0 aromatic heterocycles. The molecule has 2 saturated heterocycles. The Kier molecular flexibility index (Phi) is 7.21. The van der Waals surface area contributed by atoms with Gasteiger partial charge >= 0.3 is 6.03 Å². The summed E-state index contributed by atoms with van der Waals surface area (Å²) in [6, 6.07) is 8.97. The first-order valence-corrected chi connectivity index (χ1v) is 10.9. The largest absolute Gasteiger partial charge is 0.395 e. The molecule has 1 aromatic carbocycles. The van der Waals surface area contributed by atoms with Crippen molar-refractivity contribution >= 4 is 6.03 Å². The molecule has 2 aliphatic heterocycles. The second-order valence-corrected chi connectivity index (χ2v) is 8.88. The Hall–Kier alpha value is -2.03. The third kappa shape index (κ3) is 5.12. The summed E-state index contributed by atoms with van der Waals surface area (Å²) in [5, 5.41) is 13.1. The van der Waals surface area contributed by atoms with E-state index in [2.05, 4.69) is 60.2 Å². The van der Waals surface area contributed by atoms with Crippen molar-refractivity contribution in [3.05, 3.63) is 35.4 Å². The lowest BCUT2D eigenvalue weighted by Crippen LogP contribution is -2.68. The number of aliphatic hydroxyl groups is 1. The fraction of sp³-hybridized carbons (Fsp3) is 0.625. The van der Waals surface area contributed by atoms with Gasteiger partial charge in [0.2, 0.25) is 0 Å². The molecule has 0 radical (unpaired) electrons. The molecule has 0 bridgehead atoms. The summed E-state index contributed by atoms with van der Waals surface area (Å²) in [5.41, 5.74) is 2.25. The zero-order chi connectivity index (χ0) is 21.0. The first-order valence-electron chi connectivity index (χ1n) is 10.9. The van der Waals surface area contributed by atoms with E-state index in [1.54, 1.807) is 0 Å². The number of hydrogen-bond acceptors (Lipinski definition) is 3. The van der Waals surface area contributed by atoms with Crippen molar-refractivity contribution in [2.75, 3.05) is 26.2 Å². The highest BCUT2D eigenvalue weighted by Crippen LogP contribution is 2.41. The van der Waals surface area contributed by atoms with Gasteiger partial charge in [-0.2, -0.15) is 0 Å². The predicted molar refractivity (Wildman–Crippen MR) is 117 cm³/mol. The number of rotatable bonds is 3. The Bertz CT molecular complexity index is 748. The Morgan fingerprint density at radius 1 is 1.17 bits per heavy atom. The molecular weight excluding hydrogens is 362 g/mol. The molecule has 0 aliphatic carbocycles. The summed E-state index contributed by atoms with van der Waals surface area (Å²) in [7, 11) is 0. The SMILES string of the molecule is CC(C)C#Cc1ccc([C@H]2[C@@H](CO)N3CCCCN(C(=O)NC(C)C)C[C@@H]23)cc1. The highest BCUT2D eigenvalue weighted by atomic mass is 16.3. The van der Waals surface area contributed by atoms with Crippen LogP contribution in [0.15, 0.2) is 24.3 Å². The second kappa shape index (κ2) is 9.65. The molecule has 29 heavy (non-hydrogen) atoms. The third-order valence-corrected chi connectivity index (χ3v) is 5.87. The molecule has 2 heterocycles. The van der Waals surface area contributed by atoms with Gasteiger partial charge < -0.3 is 15.3 Å². The predicted octanol–water partition coefficient (Wildman–Crippen LogP) is 3.04. The van der Waals surface area contributed by atoms with Crippen molar-refractivity contribution in [1.29, 1.82) is 0 Å². The number of carbonyl (C=O) groups is 1. The molecule has 2 fully saturated rings. The molecule has 2 amide bonds. The van der Waals surface area contributed by atoms with Crippen LogP contribution in [0.4, 0.5) is 4.79 Å². The van der Waals surface area contributed by atoms with Gasteiger partial charge in [0.25, 0.3) is 0 Å². The zero-order valence-corrected chi connectivity index (χ0v) is 18.2. The number of fused-ring (bicyclic) bond motifs is 1. The van der Waals surface area contributed by atoms with Gasteiger partial charge in [-0.1, -0.05) is 37.8 Å². The van der Waals surface area contributed by atoms with E-state index in [9.17, 15) is 9.90 Å². The van der Waals surface area contributed by atoms with Gasteiger partial charge in [-0.3, -0.25) is 4.90 Å². The number of amides is 2. The molecule has 0 unspecified atom stereocenters. The number of aliphatic hydroxyl groups excluding tert-OH is 1. The standard InChI is InChI=1S/C24H35N3O2/c1-17(2)7-8-19-9-11-20(12-10-19)23-21-15-26(24(29)25-18(3)4)13-5-6-14-27(21)22(23)16-28/h9-12,17-18,21-23,28H,5-6,13-16H2,1-4H3,(H,25,29)/t21-,22+,23+/m0/s1. The molecule has 158 valence electrons. The summed E-state index contributed by atoms with van der Waals surface area (Å²) in [5.74, 6) is 7.01. The number of urea groups is 1. The van der Waals surface area contributed by atoms with E-state index in [-0.39, 0.29) is 36.7 Å². The van der Waals surface area contributed by atoms with Crippen LogP contribution in [-0.2, 0) is 0 Å². The lowest BCUT2D eigenvalue weighted by atomic mass is 9.74. The maximum atomic E-state index is 12.6. The minimum Gasteiger partial charge on any atom is -0.395 e. The molecule has 1 aromatic rings. The van der Waals surface area contributed by atoms with Gasteiger partial charge in [-0.05, 0) is 50.9 Å². The van der Waals surface area contributed by atoms with Crippen molar-refractivity contribution in [1.82, 2.24) is 15.1 Å². The van der Waals surface area contributed by atoms with Crippen LogP contribution in [0, 0.1) is 17.8 Å². The lowest BCUT2D eigenvalue weighted by molar-refractivity contribution is -0.0591. The van der Waals surface area contributed by atoms with Crippen LogP contribution in [0.25, 0.3) is 0 Å². The van der Waals surface area contributed by atoms with Crippen LogP contribution < -0.4 is 5.32 Å². The molecule has 3 atom stereocenters. The summed E-state index contributed by atoms with van der Waals surface area (Å²) in [6.45, 7) is 10.8. The summed E-state index contributed by atoms with van der Waals surface area (Å²) < 4.78 is 0. The van der Waals surface area contributed by atoms with Crippen LogP contribution in [0.3, 0.4) is 0 Å². The molecule has 2 N–H and O–H groups in total. The van der Waals surface area contributed by atoms with Gasteiger partial charge in [0.15, 0.2) is 0 Å². The van der Waals surface area contributed by atoms with Crippen molar-refractivity contribution in [3.63, 3.8) is 0 Å². The number of nitrogens with one attached hydrogen (secondary N) is 1. The highest BCUT2D eigenvalue weighted by Gasteiger charge is 2.49. The third-order valence-electron chi connectivity index (χ3n) is 5.87. The average molecular weight is 398 g/mol. The summed E-state index contributed by atoms with van der Waals surface area (Å²) >= 11 is 0. The van der Waals surface area contributed by atoms with E-state index in [1.165, 1.54) is 5.56 Å². The van der Waals surface area contributed by atoms with E-state index in [0.29, 0.717) is 12.5 Å². The molecule has 5 heteroatoms. The fourth-order valence-corrected chi connectivity index (χ4v) is 4.48. The fourth-order valence-electron chi connectivity index (χ4n) is 4.48. The van der Waals surface area contributed by atoms with Crippen molar-refractivity contribution in [3.8, 4) is 11.8 Å². The zero-order valence-electron chi connectivity index (χ0n) is 18.2. The van der Waals surface area contributed by atoms with Crippen molar-refractivity contribution < 1.29 is 9.90 Å². The van der Waals surface area contributed by atoms with Crippen LogP contribution >= 0.6 is 0 Å².